The fraction of sp³-hybridized carbons (Fsp3) is 0. The molecule has 11 aromatic rings. The summed E-state index contributed by atoms with van der Waals surface area (Å²) < 4.78 is 5.75. The molecule has 0 aliphatic rings. The van der Waals surface area contributed by atoms with E-state index in [2.05, 4.69) is 173 Å². The van der Waals surface area contributed by atoms with Gasteiger partial charge in [-0.05, 0) is 47.5 Å². The van der Waals surface area contributed by atoms with Crippen molar-refractivity contribution in [3.05, 3.63) is 176 Å². The number of benzene rings is 7. The van der Waals surface area contributed by atoms with E-state index in [9.17, 15) is 0 Å². The van der Waals surface area contributed by atoms with Crippen LogP contribution in [0.25, 0.3) is 98.7 Å². The number of rotatable bonds is 5. The molecule has 4 heterocycles. The highest BCUT2D eigenvalue weighted by Gasteiger charge is 2.21. The third-order valence-electron chi connectivity index (χ3n) is 10.2. The molecule has 0 aliphatic carbocycles. The van der Waals surface area contributed by atoms with E-state index in [0.717, 1.165) is 88.1 Å². The van der Waals surface area contributed by atoms with E-state index in [1.54, 1.807) is 11.3 Å². The summed E-state index contributed by atoms with van der Waals surface area (Å²) in [6.07, 6.45) is 0. The molecule has 248 valence electrons. The maximum Gasteiger partial charge on any atom is 0.235 e. The molecule has 0 aliphatic heterocycles. The minimum Gasteiger partial charge on any atom is -0.282 e. The van der Waals surface area contributed by atoms with Crippen LogP contribution >= 0.6 is 11.3 Å². The SMILES string of the molecule is c1ccc(-c2nc3sc4ccc(-c5ccc6c(c5)c5ccccc5n6-c5nc(-c6ccccc6)c6ccccc6n5)cc4n3c2-c2ccccc2)cc1. The minimum absolute atomic E-state index is 0.659. The van der Waals surface area contributed by atoms with Crippen LogP contribution in [0, 0.1) is 0 Å². The van der Waals surface area contributed by atoms with Gasteiger partial charge in [0.15, 0.2) is 4.96 Å². The quantitative estimate of drug-likeness (QED) is 0.180. The van der Waals surface area contributed by atoms with Crippen molar-refractivity contribution in [3.8, 4) is 50.8 Å². The molecule has 0 bridgehead atoms. The zero-order valence-electron chi connectivity index (χ0n) is 28.4. The molecule has 0 radical (unpaired) electrons. The van der Waals surface area contributed by atoms with Crippen molar-refractivity contribution in [2.75, 3.05) is 0 Å². The van der Waals surface area contributed by atoms with E-state index in [1.165, 1.54) is 4.70 Å². The first-order valence-corrected chi connectivity index (χ1v) is 18.5. The fourth-order valence-corrected chi connectivity index (χ4v) is 8.76. The Balaban J connectivity index is 1.11. The average molecular weight is 696 g/mol. The van der Waals surface area contributed by atoms with E-state index in [1.807, 2.05) is 12.1 Å². The molecule has 0 spiro atoms. The molecule has 0 amide bonds. The second-order valence-corrected chi connectivity index (χ2v) is 14.3. The summed E-state index contributed by atoms with van der Waals surface area (Å²) in [6.45, 7) is 0. The fourth-order valence-electron chi connectivity index (χ4n) is 7.76. The molecule has 6 heteroatoms. The van der Waals surface area contributed by atoms with Crippen molar-refractivity contribution in [2.45, 2.75) is 0 Å². The molecule has 4 aromatic heterocycles. The third kappa shape index (κ3) is 4.73. The molecule has 53 heavy (non-hydrogen) atoms. The van der Waals surface area contributed by atoms with Crippen LogP contribution in [0.1, 0.15) is 0 Å². The lowest BCUT2D eigenvalue weighted by Crippen LogP contribution is -2.03. The molecule has 0 saturated carbocycles. The zero-order chi connectivity index (χ0) is 34.9. The van der Waals surface area contributed by atoms with Crippen LogP contribution < -0.4 is 0 Å². The number of para-hydroxylation sites is 2. The summed E-state index contributed by atoms with van der Waals surface area (Å²) >= 11 is 1.73. The van der Waals surface area contributed by atoms with Gasteiger partial charge in [0, 0.05) is 32.8 Å². The highest BCUT2D eigenvalue weighted by Crippen LogP contribution is 2.41. The van der Waals surface area contributed by atoms with Gasteiger partial charge in [-0.2, -0.15) is 0 Å². The molecule has 7 aromatic carbocycles. The number of imidazole rings is 1. The Bertz CT molecular complexity index is 3160. The van der Waals surface area contributed by atoms with Gasteiger partial charge in [0.2, 0.25) is 5.95 Å². The van der Waals surface area contributed by atoms with Crippen molar-refractivity contribution in [3.63, 3.8) is 0 Å². The summed E-state index contributed by atoms with van der Waals surface area (Å²) in [5, 5.41) is 3.35. The molecule has 0 N–H and O–H groups in total. The highest BCUT2D eigenvalue weighted by atomic mass is 32.1. The lowest BCUT2D eigenvalue weighted by Gasteiger charge is -2.12. The van der Waals surface area contributed by atoms with E-state index in [4.69, 9.17) is 15.0 Å². The summed E-state index contributed by atoms with van der Waals surface area (Å²) in [5.41, 5.74) is 12.9. The summed E-state index contributed by atoms with van der Waals surface area (Å²) in [6, 6.07) is 61.9. The Morgan fingerprint density at radius 1 is 0.396 bits per heavy atom. The summed E-state index contributed by atoms with van der Waals surface area (Å²) in [5.74, 6) is 0.659. The standard InChI is InChI=1S/C47H29N5S/c1-4-14-30(15-5-1)43-36-21-10-12-22-38(36)48-46(49-43)51-39-23-13-11-20-35(39)37-28-33(24-26-40(37)51)34-25-27-42-41(29-34)52-45(32-18-8-3-9-19-32)44(50-47(52)53-42)31-16-6-2-7-17-31/h1-29H. The monoisotopic (exact) mass is 695 g/mol. The number of thiazole rings is 1. The highest BCUT2D eigenvalue weighted by molar-refractivity contribution is 7.23. The Morgan fingerprint density at radius 3 is 1.77 bits per heavy atom. The van der Waals surface area contributed by atoms with Gasteiger partial charge in [-0.15, -0.1) is 0 Å². The largest absolute Gasteiger partial charge is 0.282 e. The lowest BCUT2D eigenvalue weighted by molar-refractivity contribution is 1.01. The van der Waals surface area contributed by atoms with E-state index < -0.39 is 0 Å². The molecule has 0 unspecified atom stereocenters. The predicted octanol–water partition coefficient (Wildman–Crippen LogP) is 12.3. The van der Waals surface area contributed by atoms with Crippen LogP contribution in [0.4, 0.5) is 0 Å². The topological polar surface area (TPSA) is 48.0 Å². The van der Waals surface area contributed by atoms with Crippen LogP contribution in [0.3, 0.4) is 0 Å². The number of aromatic nitrogens is 5. The van der Waals surface area contributed by atoms with Gasteiger partial charge in [-0.3, -0.25) is 8.97 Å². The second kappa shape index (κ2) is 11.8. The van der Waals surface area contributed by atoms with E-state index >= 15 is 0 Å². The molecule has 0 saturated heterocycles. The van der Waals surface area contributed by atoms with Gasteiger partial charge in [0.25, 0.3) is 0 Å². The Labute approximate surface area is 308 Å². The van der Waals surface area contributed by atoms with Crippen LogP contribution in [0.5, 0.6) is 0 Å². The maximum absolute atomic E-state index is 5.25. The van der Waals surface area contributed by atoms with Gasteiger partial charge in [0.1, 0.15) is 0 Å². The first-order valence-electron chi connectivity index (χ1n) is 17.7. The Kier molecular flexibility index (Phi) is 6.66. The molecular formula is C47H29N5S. The first-order chi connectivity index (χ1) is 26.3. The number of fused-ring (bicyclic) bond motifs is 7. The third-order valence-corrected chi connectivity index (χ3v) is 11.2. The molecular weight excluding hydrogens is 667 g/mol. The molecule has 5 nitrogen and oxygen atoms in total. The van der Waals surface area contributed by atoms with Crippen LogP contribution in [-0.2, 0) is 0 Å². The van der Waals surface area contributed by atoms with Crippen molar-refractivity contribution in [1.82, 2.24) is 23.9 Å². The van der Waals surface area contributed by atoms with Crippen LogP contribution in [0.2, 0.25) is 0 Å². The molecule has 11 rings (SSSR count). The second-order valence-electron chi connectivity index (χ2n) is 13.3. The summed E-state index contributed by atoms with van der Waals surface area (Å²) in [4.78, 5) is 16.6. The van der Waals surface area contributed by atoms with E-state index in [0.29, 0.717) is 5.95 Å². The van der Waals surface area contributed by atoms with Gasteiger partial charge < -0.3 is 0 Å². The number of nitrogens with zero attached hydrogens (tertiary/aromatic N) is 5. The zero-order valence-corrected chi connectivity index (χ0v) is 29.2. The average Bonchev–Trinajstić information content (AvgIpc) is 3.89. The van der Waals surface area contributed by atoms with Gasteiger partial charge >= 0.3 is 0 Å². The summed E-state index contributed by atoms with van der Waals surface area (Å²) in [7, 11) is 0. The van der Waals surface area contributed by atoms with Crippen molar-refractivity contribution in [2.24, 2.45) is 0 Å². The van der Waals surface area contributed by atoms with Crippen LogP contribution in [0.15, 0.2) is 176 Å². The van der Waals surface area contributed by atoms with Gasteiger partial charge in [-0.1, -0.05) is 151 Å². The maximum atomic E-state index is 5.25. The number of hydrogen-bond acceptors (Lipinski definition) is 4. The van der Waals surface area contributed by atoms with Crippen molar-refractivity contribution < 1.29 is 0 Å². The van der Waals surface area contributed by atoms with Crippen LogP contribution in [-0.4, -0.2) is 23.9 Å². The minimum atomic E-state index is 0.659. The van der Waals surface area contributed by atoms with E-state index in [-0.39, 0.29) is 0 Å². The Morgan fingerprint density at radius 2 is 1.00 bits per heavy atom. The van der Waals surface area contributed by atoms with Gasteiger partial charge in [-0.25, -0.2) is 15.0 Å². The van der Waals surface area contributed by atoms with Gasteiger partial charge in [0.05, 0.1) is 43.8 Å². The Hall–Kier alpha value is -6.89. The smallest absolute Gasteiger partial charge is 0.235 e. The normalized spacial score (nSPS) is 11.8. The predicted molar refractivity (Wildman–Crippen MR) is 220 cm³/mol. The first kappa shape index (κ1) is 29.8. The molecule has 0 atom stereocenters. The van der Waals surface area contributed by atoms with Crippen molar-refractivity contribution >= 4 is 59.2 Å². The number of hydrogen-bond donors (Lipinski definition) is 0. The van der Waals surface area contributed by atoms with Crippen molar-refractivity contribution in [1.29, 1.82) is 0 Å². The lowest BCUT2D eigenvalue weighted by atomic mass is 10.0. The molecule has 0 fully saturated rings.